The zero-order chi connectivity index (χ0) is 22.9. The quantitative estimate of drug-likeness (QED) is 0.713. The summed E-state index contributed by atoms with van der Waals surface area (Å²) >= 11 is 0. The highest BCUT2D eigenvalue weighted by Crippen LogP contribution is 2.31. The second-order valence-electron chi connectivity index (χ2n) is 7.94. The lowest BCUT2D eigenvalue weighted by Gasteiger charge is -2.35. The van der Waals surface area contributed by atoms with E-state index in [1.807, 2.05) is 11.8 Å². The minimum Gasteiger partial charge on any atom is -0.494 e. The number of quaternary nitrogens is 1. The Kier molecular flexibility index (Phi) is 6.10. The number of rotatable bonds is 5. The van der Waals surface area contributed by atoms with Gasteiger partial charge in [0.25, 0.3) is 5.91 Å². The first kappa shape index (κ1) is 22.1. The summed E-state index contributed by atoms with van der Waals surface area (Å²) in [6.07, 6.45) is -4.25. The molecule has 1 atom stereocenters. The lowest BCUT2D eigenvalue weighted by atomic mass is 10.1. The van der Waals surface area contributed by atoms with E-state index in [2.05, 4.69) is 0 Å². The molecule has 2 aliphatic heterocycles. The molecule has 1 N–H and O–H groups in total. The lowest BCUT2D eigenvalue weighted by molar-refractivity contribution is -0.915. The van der Waals surface area contributed by atoms with E-state index in [0.29, 0.717) is 49.9 Å². The number of carbonyl (C=O) groups is 2. The van der Waals surface area contributed by atoms with Gasteiger partial charge in [-0.2, -0.15) is 13.2 Å². The van der Waals surface area contributed by atoms with Crippen molar-refractivity contribution in [2.45, 2.75) is 25.6 Å². The number of piperazine rings is 1. The number of carbonyl (C=O) groups excluding carboxylic acids is 2. The number of amides is 2. The van der Waals surface area contributed by atoms with Gasteiger partial charge in [0.1, 0.15) is 5.75 Å². The maximum absolute atomic E-state index is 13.0. The molecule has 9 heteroatoms. The molecule has 0 saturated carbocycles. The average molecular weight is 448 g/mol. The monoisotopic (exact) mass is 448 g/mol. The van der Waals surface area contributed by atoms with E-state index < -0.39 is 17.8 Å². The highest BCUT2D eigenvalue weighted by Gasteiger charge is 2.46. The SMILES string of the molecule is CCOc1ccc(N2C(=O)C[C@@H]([NH+]3CCN(c4cccc(C(F)(F)F)c4)CC3)C2=O)cc1. The maximum Gasteiger partial charge on any atom is 0.416 e. The Morgan fingerprint density at radius 2 is 1.72 bits per heavy atom. The van der Waals surface area contributed by atoms with Gasteiger partial charge in [0, 0.05) is 5.69 Å². The number of nitrogens with zero attached hydrogens (tertiary/aromatic N) is 2. The Morgan fingerprint density at radius 1 is 1.03 bits per heavy atom. The van der Waals surface area contributed by atoms with Crippen LogP contribution in [0.25, 0.3) is 0 Å². The van der Waals surface area contributed by atoms with Crippen molar-refractivity contribution in [1.29, 1.82) is 0 Å². The normalized spacial score (nSPS) is 20.2. The Morgan fingerprint density at radius 3 is 2.34 bits per heavy atom. The highest BCUT2D eigenvalue weighted by molar-refractivity contribution is 6.21. The molecule has 2 saturated heterocycles. The third-order valence-electron chi connectivity index (χ3n) is 5.99. The smallest absolute Gasteiger partial charge is 0.416 e. The van der Waals surface area contributed by atoms with E-state index in [0.717, 1.165) is 17.0 Å². The summed E-state index contributed by atoms with van der Waals surface area (Å²) in [6.45, 7) is 4.56. The molecule has 170 valence electrons. The Bertz CT molecular complexity index is 986. The van der Waals surface area contributed by atoms with E-state index in [-0.39, 0.29) is 18.2 Å². The summed E-state index contributed by atoms with van der Waals surface area (Å²) in [4.78, 5) is 29.8. The maximum atomic E-state index is 13.0. The molecular formula is C23H25F3N3O3+. The van der Waals surface area contributed by atoms with Gasteiger partial charge in [-0.1, -0.05) is 6.07 Å². The van der Waals surface area contributed by atoms with Gasteiger partial charge in [-0.3, -0.25) is 9.59 Å². The number of benzene rings is 2. The minimum atomic E-state index is -4.38. The third-order valence-corrected chi connectivity index (χ3v) is 5.99. The van der Waals surface area contributed by atoms with Crippen molar-refractivity contribution in [2.24, 2.45) is 0 Å². The molecule has 4 rings (SSSR count). The molecule has 2 aliphatic rings. The second kappa shape index (κ2) is 8.82. The zero-order valence-electron chi connectivity index (χ0n) is 17.7. The van der Waals surface area contributed by atoms with Crippen molar-refractivity contribution in [3.05, 3.63) is 54.1 Å². The van der Waals surface area contributed by atoms with Crippen molar-refractivity contribution in [3.8, 4) is 5.75 Å². The number of ether oxygens (including phenoxy) is 1. The van der Waals surface area contributed by atoms with Crippen LogP contribution < -0.4 is 19.4 Å². The summed E-state index contributed by atoms with van der Waals surface area (Å²) in [5.74, 6) is 0.196. The molecule has 2 fully saturated rings. The Hall–Kier alpha value is -3.07. The standard InChI is InChI=1S/C23H24F3N3O3/c1-2-32-19-8-6-17(7-9-19)29-21(30)15-20(22(29)31)28-12-10-27(11-13-28)18-5-3-4-16(14-18)23(24,25)26/h3-9,14,20H,2,10-13,15H2,1H3/p+1/t20-/m1/s1. The van der Waals surface area contributed by atoms with E-state index >= 15 is 0 Å². The summed E-state index contributed by atoms with van der Waals surface area (Å²) in [5.41, 5.74) is 0.365. The van der Waals surface area contributed by atoms with Gasteiger partial charge in [-0.15, -0.1) is 0 Å². The fourth-order valence-electron chi connectivity index (χ4n) is 4.36. The summed E-state index contributed by atoms with van der Waals surface area (Å²) < 4.78 is 44.5. The van der Waals surface area contributed by atoms with E-state index in [4.69, 9.17) is 4.74 Å². The minimum absolute atomic E-state index is 0.130. The van der Waals surface area contributed by atoms with Crippen molar-refractivity contribution in [3.63, 3.8) is 0 Å². The summed E-state index contributed by atoms with van der Waals surface area (Å²) in [7, 11) is 0. The van der Waals surface area contributed by atoms with Crippen molar-refractivity contribution in [1.82, 2.24) is 0 Å². The molecular weight excluding hydrogens is 423 g/mol. The number of nitrogens with one attached hydrogen (secondary N) is 1. The van der Waals surface area contributed by atoms with Gasteiger partial charge in [-0.25, -0.2) is 4.90 Å². The molecule has 0 aromatic heterocycles. The number of anilines is 2. The van der Waals surface area contributed by atoms with Crippen LogP contribution in [0, 0.1) is 0 Å². The largest absolute Gasteiger partial charge is 0.494 e. The van der Waals surface area contributed by atoms with Crippen LogP contribution in [0.2, 0.25) is 0 Å². The van der Waals surface area contributed by atoms with Crippen LogP contribution in [0.5, 0.6) is 5.75 Å². The van der Waals surface area contributed by atoms with E-state index in [1.54, 1.807) is 30.3 Å². The topological polar surface area (TPSA) is 54.3 Å². The molecule has 2 heterocycles. The van der Waals surface area contributed by atoms with E-state index in [9.17, 15) is 22.8 Å². The van der Waals surface area contributed by atoms with Gasteiger partial charge < -0.3 is 14.5 Å². The fraction of sp³-hybridized carbons (Fsp3) is 0.391. The molecule has 2 aromatic carbocycles. The van der Waals surface area contributed by atoms with Crippen molar-refractivity contribution >= 4 is 23.2 Å². The number of hydrogen-bond donors (Lipinski definition) is 1. The van der Waals surface area contributed by atoms with Crippen molar-refractivity contribution in [2.75, 3.05) is 42.6 Å². The first-order valence-corrected chi connectivity index (χ1v) is 10.6. The number of hydrogen-bond acceptors (Lipinski definition) is 4. The fourth-order valence-corrected chi connectivity index (χ4v) is 4.36. The predicted molar refractivity (Wildman–Crippen MR) is 113 cm³/mol. The first-order chi connectivity index (χ1) is 15.3. The van der Waals surface area contributed by atoms with Crippen LogP contribution in [-0.2, 0) is 15.8 Å². The number of alkyl halides is 3. The Labute approximate surface area is 184 Å². The van der Waals surface area contributed by atoms with Gasteiger partial charge in [-0.05, 0) is 49.4 Å². The van der Waals surface area contributed by atoms with Crippen LogP contribution in [0.3, 0.4) is 0 Å². The molecule has 0 bridgehead atoms. The zero-order valence-corrected chi connectivity index (χ0v) is 17.7. The average Bonchev–Trinajstić information content (AvgIpc) is 3.08. The Balaban J connectivity index is 1.41. The van der Waals surface area contributed by atoms with Crippen LogP contribution in [0.1, 0.15) is 18.9 Å². The van der Waals surface area contributed by atoms with Crippen LogP contribution >= 0.6 is 0 Å². The first-order valence-electron chi connectivity index (χ1n) is 10.6. The van der Waals surface area contributed by atoms with Crippen LogP contribution in [0.15, 0.2) is 48.5 Å². The molecule has 0 spiro atoms. The molecule has 2 amide bonds. The predicted octanol–water partition coefficient (Wildman–Crippen LogP) is 2.14. The molecule has 0 aliphatic carbocycles. The van der Waals surface area contributed by atoms with Crippen molar-refractivity contribution < 1.29 is 32.4 Å². The molecule has 0 radical (unpaired) electrons. The third kappa shape index (κ3) is 4.43. The summed E-state index contributed by atoms with van der Waals surface area (Å²) in [5, 5.41) is 0. The van der Waals surface area contributed by atoms with E-state index in [1.165, 1.54) is 11.0 Å². The number of imide groups is 1. The second-order valence-corrected chi connectivity index (χ2v) is 7.94. The van der Waals surface area contributed by atoms with Crippen LogP contribution in [0.4, 0.5) is 24.5 Å². The highest BCUT2D eigenvalue weighted by atomic mass is 19.4. The van der Waals surface area contributed by atoms with Crippen LogP contribution in [-0.4, -0.2) is 50.6 Å². The number of halogens is 3. The molecule has 6 nitrogen and oxygen atoms in total. The summed E-state index contributed by atoms with van der Waals surface area (Å²) in [6, 6.07) is 11.7. The van der Waals surface area contributed by atoms with Gasteiger partial charge in [0.05, 0.1) is 50.5 Å². The lowest BCUT2D eigenvalue weighted by Crippen LogP contribution is -3.19. The van der Waals surface area contributed by atoms with Gasteiger partial charge >= 0.3 is 6.18 Å². The molecule has 0 unspecified atom stereocenters. The van der Waals surface area contributed by atoms with Gasteiger partial charge in [0.2, 0.25) is 5.91 Å². The van der Waals surface area contributed by atoms with Gasteiger partial charge in [0.15, 0.2) is 6.04 Å². The molecule has 32 heavy (non-hydrogen) atoms. The molecule has 2 aromatic rings.